The van der Waals surface area contributed by atoms with Crippen LogP contribution in [0.1, 0.15) is 6.92 Å². The highest BCUT2D eigenvalue weighted by molar-refractivity contribution is 4.85. The quantitative estimate of drug-likeness (QED) is 0.390. The van der Waals surface area contributed by atoms with Crippen LogP contribution >= 0.6 is 0 Å². The summed E-state index contributed by atoms with van der Waals surface area (Å²) < 4.78 is 20.8. The Morgan fingerprint density at radius 1 is 1.10 bits per heavy atom. The minimum absolute atomic E-state index is 0.0904. The first-order chi connectivity index (χ1) is 9.96. The predicted octanol–water partition coefficient (Wildman–Crippen LogP) is -1.90. The van der Waals surface area contributed by atoms with Gasteiger partial charge in [-0.1, -0.05) is 6.92 Å². The zero-order valence-electron chi connectivity index (χ0n) is 12.6. The van der Waals surface area contributed by atoms with Crippen molar-refractivity contribution in [3.63, 3.8) is 0 Å². The molecule has 0 bridgehead atoms. The summed E-state index contributed by atoms with van der Waals surface area (Å²) in [7, 11) is 2.90. The molecule has 4 N–H and O–H groups in total. The first-order valence-electron chi connectivity index (χ1n) is 6.90. The van der Waals surface area contributed by atoms with E-state index in [0.29, 0.717) is 0 Å². The fourth-order valence-corrected chi connectivity index (χ4v) is 2.39. The Bertz CT molecular complexity index is 289. The predicted molar refractivity (Wildman–Crippen MR) is 71.6 cm³/mol. The standard InChI is InChI=1S/C13H26O8/c1-7-12(19-3)10(4-14)21-13(7)20-6-9(16)11(17)8(15)5-18-2/h7-17H,4-6H2,1-3H3/t7?,8?,9?,10-,11?,12-,13-/m1/s1. The van der Waals surface area contributed by atoms with Gasteiger partial charge in [-0.05, 0) is 0 Å². The van der Waals surface area contributed by atoms with Crippen molar-refractivity contribution in [2.24, 2.45) is 5.92 Å². The highest BCUT2D eigenvalue weighted by Gasteiger charge is 2.43. The second kappa shape index (κ2) is 8.96. The molecule has 8 nitrogen and oxygen atoms in total. The zero-order valence-corrected chi connectivity index (χ0v) is 12.6. The molecule has 0 aromatic carbocycles. The maximum absolute atomic E-state index is 9.78. The molecule has 8 heteroatoms. The summed E-state index contributed by atoms with van der Waals surface area (Å²) >= 11 is 0. The van der Waals surface area contributed by atoms with Crippen LogP contribution < -0.4 is 0 Å². The molecule has 21 heavy (non-hydrogen) atoms. The normalized spacial score (nSPS) is 33.9. The van der Waals surface area contributed by atoms with Crippen LogP contribution in [0.5, 0.6) is 0 Å². The maximum Gasteiger partial charge on any atom is 0.163 e. The second-order valence-electron chi connectivity index (χ2n) is 5.20. The Hall–Kier alpha value is -0.320. The average Bonchev–Trinajstić information content (AvgIpc) is 2.79. The average molecular weight is 310 g/mol. The summed E-state index contributed by atoms with van der Waals surface area (Å²) in [6.07, 6.45) is -5.31. The third-order valence-electron chi connectivity index (χ3n) is 3.63. The number of aliphatic hydroxyl groups excluding tert-OH is 4. The number of hydrogen-bond acceptors (Lipinski definition) is 8. The molecular weight excluding hydrogens is 284 g/mol. The highest BCUT2D eigenvalue weighted by atomic mass is 16.7. The molecule has 4 unspecified atom stereocenters. The summed E-state index contributed by atoms with van der Waals surface area (Å²) in [5, 5.41) is 38.2. The van der Waals surface area contributed by atoms with Gasteiger partial charge >= 0.3 is 0 Å². The maximum atomic E-state index is 9.78. The van der Waals surface area contributed by atoms with E-state index >= 15 is 0 Å². The molecule has 1 heterocycles. The molecule has 0 aliphatic carbocycles. The van der Waals surface area contributed by atoms with Crippen molar-refractivity contribution in [3.8, 4) is 0 Å². The molecule has 0 spiro atoms. The smallest absolute Gasteiger partial charge is 0.163 e. The molecule has 0 amide bonds. The molecule has 0 radical (unpaired) electrons. The Morgan fingerprint density at radius 3 is 2.19 bits per heavy atom. The van der Waals surface area contributed by atoms with E-state index in [9.17, 15) is 20.4 Å². The lowest BCUT2D eigenvalue weighted by Crippen LogP contribution is -2.43. The molecule has 1 aliphatic rings. The van der Waals surface area contributed by atoms with E-state index in [-0.39, 0.29) is 31.8 Å². The molecule has 1 saturated heterocycles. The summed E-state index contributed by atoms with van der Waals surface area (Å²) in [4.78, 5) is 0. The highest BCUT2D eigenvalue weighted by Crippen LogP contribution is 2.29. The minimum Gasteiger partial charge on any atom is -0.394 e. The number of ether oxygens (including phenoxy) is 4. The van der Waals surface area contributed by atoms with E-state index in [2.05, 4.69) is 0 Å². The van der Waals surface area contributed by atoms with Crippen molar-refractivity contribution in [2.75, 3.05) is 34.0 Å². The van der Waals surface area contributed by atoms with E-state index < -0.39 is 30.7 Å². The Labute approximate surface area is 124 Å². The number of aliphatic hydroxyl groups is 4. The van der Waals surface area contributed by atoms with Gasteiger partial charge in [-0.15, -0.1) is 0 Å². The van der Waals surface area contributed by atoms with Crippen LogP contribution in [-0.4, -0.2) is 91.3 Å². The lowest BCUT2D eigenvalue weighted by molar-refractivity contribution is -0.183. The molecule has 0 aromatic heterocycles. The Balaban J connectivity index is 2.44. The van der Waals surface area contributed by atoms with Crippen LogP contribution in [0.15, 0.2) is 0 Å². The van der Waals surface area contributed by atoms with Gasteiger partial charge in [0.05, 0.1) is 25.9 Å². The molecule has 126 valence electrons. The summed E-state index contributed by atoms with van der Waals surface area (Å²) in [6, 6.07) is 0. The molecule has 1 rings (SSSR count). The molecule has 7 atom stereocenters. The van der Waals surface area contributed by atoms with Crippen molar-refractivity contribution in [1.29, 1.82) is 0 Å². The van der Waals surface area contributed by atoms with Crippen LogP contribution in [0, 0.1) is 5.92 Å². The Kier molecular flexibility index (Phi) is 7.99. The van der Waals surface area contributed by atoms with Crippen LogP contribution in [-0.2, 0) is 18.9 Å². The third kappa shape index (κ3) is 4.83. The summed E-state index contributed by atoms with van der Waals surface area (Å²) in [5.41, 5.74) is 0. The molecule has 1 aliphatic heterocycles. The lowest BCUT2D eigenvalue weighted by Gasteiger charge is -2.24. The van der Waals surface area contributed by atoms with Crippen molar-refractivity contribution >= 4 is 0 Å². The van der Waals surface area contributed by atoms with Crippen molar-refractivity contribution in [3.05, 3.63) is 0 Å². The zero-order chi connectivity index (χ0) is 16.0. The number of methoxy groups -OCH3 is 2. The molecule has 0 saturated carbocycles. The van der Waals surface area contributed by atoms with Gasteiger partial charge in [0, 0.05) is 20.1 Å². The van der Waals surface area contributed by atoms with Gasteiger partial charge in [0.2, 0.25) is 0 Å². The van der Waals surface area contributed by atoms with Crippen LogP contribution in [0.3, 0.4) is 0 Å². The van der Waals surface area contributed by atoms with E-state index in [1.165, 1.54) is 14.2 Å². The van der Waals surface area contributed by atoms with Gasteiger partial charge in [0.1, 0.15) is 24.4 Å². The van der Waals surface area contributed by atoms with E-state index in [0.717, 1.165) is 0 Å². The van der Waals surface area contributed by atoms with Gasteiger partial charge in [-0.25, -0.2) is 0 Å². The van der Waals surface area contributed by atoms with Crippen molar-refractivity contribution < 1.29 is 39.4 Å². The second-order valence-corrected chi connectivity index (χ2v) is 5.20. The van der Waals surface area contributed by atoms with Gasteiger partial charge in [0.25, 0.3) is 0 Å². The van der Waals surface area contributed by atoms with Crippen molar-refractivity contribution in [1.82, 2.24) is 0 Å². The van der Waals surface area contributed by atoms with E-state index in [4.69, 9.17) is 18.9 Å². The lowest BCUT2D eigenvalue weighted by atomic mass is 10.0. The fourth-order valence-electron chi connectivity index (χ4n) is 2.39. The van der Waals surface area contributed by atoms with Gasteiger partial charge in [-0.3, -0.25) is 0 Å². The summed E-state index contributed by atoms with van der Waals surface area (Å²) in [5.74, 6) is -0.139. The van der Waals surface area contributed by atoms with Crippen LogP contribution in [0.2, 0.25) is 0 Å². The largest absolute Gasteiger partial charge is 0.394 e. The van der Waals surface area contributed by atoms with Crippen LogP contribution in [0.4, 0.5) is 0 Å². The summed E-state index contributed by atoms with van der Waals surface area (Å²) in [6.45, 7) is 1.34. The van der Waals surface area contributed by atoms with Crippen molar-refractivity contribution in [2.45, 2.75) is 43.7 Å². The van der Waals surface area contributed by atoms with E-state index in [1.54, 1.807) is 0 Å². The monoisotopic (exact) mass is 310 g/mol. The van der Waals surface area contributed by atoms with Gasteiger partial charge in [0.15, 0.2) is 6.29 Å². The number of hydrogen-bond donors (Lipinski definition) is 4. The third-order valence-corrected chi connectivity index (χ3v) is 3.63. The Morgan fingerprint density at radius 2 is 1.71 bits per heavy atom. The SMILES string of the molecule is COCC(O)C(O)C(O)CO[C@@H]1O[C@H](CO)[C@H](OC)C1C. The number of rotatable bonds is 9. The molecular formula is C13H26O8. The molecule has 0 aromatic rings. The van der Waals surface area contributed by atoms with Gasteiger partial charge in [-0.2, -0.15) is 0 Å². The first-order valence-corrected chi connectivity index (χ1v) is 6.90. The first kappa shape index (κ1) is 18.7. The molecule has 1 fully saturated rings. The van der Waals surface area contributed by atoms with Gasteiger partial charge < -0.3 is 39.4 Å². The van der Waals surface area contributed by atoms with E-state index in [1.807, 2.05) is 6.92 Å². The fraction of sp³-hybridized carbons (Fsp3) is 1.00. The minimum atomic E-state index is -1.38. The van der Waals surface area contributed by atoms with Crippen LogP contribution in [0.25, 0.3) is 0 Å². The topological polar surface area (TPSA) is 118 Å².